The van der Waals surface area contributed by atoms with Gasteiger partial charge < -0.3 is 10.2 Å². The van der Waals surface area contributed by atoms with E-state index >= 15 is 0 Å². The molecule has 0 radical (unpaired) electrons. The van der Waals surface area contributed by atoms with Gasteiger partial charge in [0.1, 0.15) is 0 Å². The van der Waals surface area contributed by atoms with Crippen LogP contribution in [0.5, 0.6) is 0 Å². The molecule has 0 heterocycles. The fourth-order valence-corrected chi connectivity index (χ4v) is 3.71. The first-order valence-electron chi connectivity index (χ1n) is 8.19. The summed E-state index contributed by atoms with van der Waals surface area (Å²) in [5, 5.41) is 4.55. The number of hydrogen-bond acceptors (Lipinski definition) is 2. The maximum Gasteiger partial charge on any atom is 0.0597 e. The minimum atomic E-state index is 0.583. The zero-order valence-electron chi connectivity index (χ0n) is 13.8. The van der Waals surface area contributed by atoms with E-state index in [-0.39, 0.29) is 0 Å². The summed E-state index contributed by atoms with van der Waals surface area (Å²) in [7, 11) is 4.16. The fourth-order valence-electron chi connectivity index (χ4n) is 3.54. The number of halogens is 1. The lowest BCUT2D eigenvalue weighted by Gasteiger charge is -2.32. The van der Waals surface area contributed by atoms with E-state index in [4.69, 9.17) is 11.6 Å². The molecule has 1 aromatic carbocycles. The third kappa shape index (κ3) is 4.81. The van der Waals surface area contributed by atoms with Crippen molar-refractivity contribution in [2.75, 3.05) is 24.3 Å². The Kier molecular flexibility index (Phi) is 5.80. The second-order valence-electron chi connectivity index (χ2n) is 7.06. The van der Waals surface area contributed by atoms with Gasteiger partial charge in [0.05, 0.1) is 11.4 Å². The second kappa shape index (κ2) is 7.40. The molecule has 3 heteroatoms. The van der Waals surface area contributed by atoms with Crippen molar-refractivity contribution < 1.29 is 0 Å². The van der Waals surface area contributed by atoms with Crippen molar-refractivity contribution in [3.05, 3.63) is 23.2 Å². The summed E-state index contributed by atoms with van der Waals surface area (Å²) in [4.78, 5) is 2.15. The Hall–Kier alpha value is -0.890. The van der Waals surface area contributed by atoms with Crippen LogP contribution in [0, 0.1) is 11.8 Å². The topological polar surface area (TPSA) is 15.3 Å². The van der Waals surface area contributed by atoms with Gasteiger partial charge in [0.25, 0.3) is 0 Å². The Morgan fingerprint density at radius 2 is 2.05 bits per heavy atom. The monoisotopic (exact) mass is 308 g/mol. The van der Waals surface area contributed by atoms with Crippen LogP contribution in [0.3, 0.4) is 0 Å². The molecular weight excluding hydrogens is 280 g/mol. The molecule has 0 spiro atoms. The molecule has 118 valence electrons. The van der Waals surface area contributed by atoms with Crippen LogP contribution in [0.4, 0.5) is 11.4 Å². The van der Waals surface area contributed by atoms with Crippen LogP contribution in [0.2, 0.25) is 5.02 Å². The maximum absolute atomic E-state index is 6.18. The van der Waals surface area contributed by atoms with Gasteiger partial charge >= 0.3 is 0 Å². The quantitative estimate of drug-likeness (QED) is 0.781. The summed E-state index contributed by atoms with van der Waals surface area (Å²) in [5.74, 6) is 1.68. The van der Waals surface area contributed by atoms with Gasteiger partial charge in [-0.15, -0.1) is 0 Å². The lowest BCUT2D eigenvalue weighted by Crippen LogP contribution is -2.28. The van der Waals surface area contributed by atoms with E-state index in [1.54, 1.807) is 0 Å². The molecule has 2 nitrogen and oxygen atoms in total. The highest BCUT2D eigenvalue weighted by atomic mass is 35.5. The molecule has 0 amide bonds. The van der Waals surface area contributed by atoms with Gasteiger partial charge in [0.2, 0.25) is 0 Å². The summed E-state index contributed by atoms with van der Waals surface area (Å²) in [5.41, 5.74) is 2.38. The first-order valence-corrected chi connectivity index (χ1v) is 8.57. The lowest BCUT2D eigenvalue weighted by molar-refractivity contribution is 0.289. The standard InChI is InChI=1S/C18H29ClN2/c1-13(2)10-14-6-5-7-16(11-14)20-17-12-15(19)8-9-18(17)21(3)4/h8-9,12-14,16,20H,5-7,10-11H2,1-4H3. The Bertz CT molecular complexity index is 457. The number of nitrogens with one attached hydrogen (secondary N) is 1. The summed E-state index contributed by atoms with van der Waals surface area (Å²) >= 11 is 6.18. The van der Waals surface area contributed by atoms with Crippen molar-refractivity contribution >= 4 is 23.0 Å². The van der Waals surface area contributed by atoms with Crippen LogP contribution < -0.4 is 10.2 Å². The van der Waals surface area contributed by atoms with E-state index in [0.29, 0.717) is 6.04 Å². The van der Waals surface area contributed by atoms with E-state index in [0.717, 1.165) is 16.9 Å². The molecule has 2 unspecified atom stereocenters. The number of benzene rings is 1. The van der Waals surface area contributed by atoms with Gasteiger partial charge in [-0.3, -0.25) is 0 Å². The summed E-state index contributed by atoms with van der Waals surface area (Å²) in [6.07, 6.45) is 6.65. The zero-order valence-corrected chi connectivity index (χ0v) is 14.6. The molecule has 2 atom stereocenters. The molecule has 0 saturated heterocycles. The molecule has 2 rings (SSSR count). The molecule has 0 bridgehead atoms. The van der Waals surface area contributed by atoms with Gasteiger partial charge in [-0.05, 0) is 49.3 Å². The third-order valence-corrected chi connectivity index (χ3v) is 4.62. The minimum absolute atomic E-state index is 0.583. The highest BCUT2D eigenvalue weighted by molar-refractivity contribution is 6.31. The van der Waals surface area contributed by atoms with Gasteiger partial charge in [-0.1, -0.05) is 38.3 Å². The van der Waals surface area contributed by atoms with Crippen LogP contribution in [0.1, 0.15) is 46.0 Å². The average molecular weight is 309 g/mol. The van der Waals surface area contributed by atoms with Gasteiger partial charge in [0, 0.05) is 25.2 Å². The summed E-state index contributed by atoms with van der Waals surface area (Å²) in [6, 6.07) is 6.70. The molecule has 1 aromatic rings. The van der Waals surface area contributed by atoms with E-state index in [9.17, 15) is 0 Å². The van der Waals surface area contributed by atoms with Crippen molar-refractivity contribution in [1.29, 1.82) is 0 Å². The predicted molar refractivity (Wildman–Crippen MR) is 94.6 cm³/mol. The third-order valence-electron chi connectivity index (χ3n) is 4.39. The Labute approximate surface area is 134 Å². The number of rotatable bonds is 5. The molecule has 1 N–H and O–H groups in total. The van der Waals surface area contributed by atoms with Crippen LogP contribution in [0.25, 0.3) is 0 Å². The molecular formula is C18H29ClN2. The van der Waals surface area contributed by atoms with Gasteiger partial charge in [-0.25, -0.2) is 0 Å². The molecule has 1 aliphatic carbocycles. The maximum atomic E-state index is 6.18. The van der Waals surface area contributed by atoms with Crippen LogP contribution >= 0.6 is 11.6 Å². The minimum Gasteiger partial charge on any atom is -0.381 e. The number of hydrogen-bond donors (Lipinski definition) is 1. The average Bonchev–Trinajstić information content (AvgIpc) is 2.38. The first-order chi connectivity index (χ1) is 9.95. The number of nitrogens with zero attached hydrogens (tertiary/aromatic N) is 1. The Balaban J connectivity index is 2.05. The molecule has 21 heavy (non-hydrogen) atoms. The highest BCUT2D eigenvalue weighted by Gasteiger charge is 2.23. The van der Waals surface area contributed by atoms with Crippen LogP contribution in [0.15, 0.2) is 18.2 Å². The van der Waals surface area contributed by atoms with Crippen molar-refractivity contribution in [3.63, 3.8) is 0 Å². The van der Waals surface area contributed by atoms with Crippen molar-refractivity contribution in [3.8, 4) is 0 Å². The van der Waals surface area contributed by atoms with E-state index in [1.807, 2.05) is 6.07 Å². The summed E-state index contributed by atoms with van der Waals surface area (Å²) in [6.45, 7) is 4.66. The van der Waals surface area contributed by atoms with Crippen molar-refractivity contribution in [2.24, 2.45) is 11.8 Å². The first kappa shape index (κ1) is 16.5. The summed E-state index contributed by atoms with van der Waals surface area (Å²) < 4.78 is 0. The Morgan fingerprint density at radius 3 is 2.71 bits per heavy atom. The molecule has 0 aromatic heterocycles. The molecule has 1 aliphatic rings. The smallest absolute Gasteiger partial charge is 0.0597 e. The van der Waals surface area contributed by atoms with Crippen molar-refractivity contribution in [2.45, 2.75) is 52.0 Å². The van der Waals surface area contributed by atoms with E-state index in [2.05, 4.69) is 50.3 Å². The molecule has 0 aliphatic heterocycles. The van der Waals surface area contributed by atoms with Crippen molar-refractivity contribution in [1.82, 2.24) is 0 Å². The predicted octanol–water partition coefficient (Wildman–Crippen LogP) is 5.42. The SMILES string of the molecule is CC(C)CC1CCCC(Nc2cc(Cl)ccc2N(C)C)C1. The van der Waals surface area contributed by atoms with Crippen LogP contribution in [-0.2, 0) is 0 Å². The molecule has 1 fully saturated rings. The zero-order chi connectivity index (χ0) is 15.4. The highest BCUT2D eigenvalue weighted by Crippen LogP contribution is 2.34. The van der Waals surface area contributed by atoms with E-state index < -0.39 is 0 Å². The van der Waals surface area contributed by atoms with Gasteiger partial charge in [0.15, 0.2) is 0 Å². The van der Waals surface area contributed by atoms with E-state index in [1.165, 1.54) is 43.5 Å². The normalized spacial score (nSPS) is 22.4. The Morgan fingerprint density at radius 1 is 1.29 bits per heavy atom. The second-order valence-corrected chi connectivity index (χ2v) is 7.50. The fraction of sp³-hybridized carbons (Fsp3) is 0.667. The van der Waals surface area contributed by atoms with Gasteiger partial charge in [-0.2, -0.15) is 0 Å². The number of anilines is 2. The van der Waals surface area contributed by atoms with Crippen LogP contribution in [-0.4, -0.2) is 20.1 Å². The lowest BCUT2D eigenvalue weighted by atomic mass is 9.81. The largest absolute Gasteiger partial charge is 0.381 e. The molecule has 1 saturated carbocycles.